The zero-order valence-corrected chi connectivity index (χ0v) is 10.8. The largest absolute Gasteiger partial charge is 0.455 e. The second-order valence-corrected chi connectivity index (χ2v) is 4.51. The van der Waals surface area contributed by atoms with Crippen molar-refractivity contribution in [3.8, 4) is 0 Å². The summed E-state index contributed by atoms with van der Waals surface area (Å²) in [7, 11) is 0. The summed E-state index contributed by atoms with van der Waals surface area (Å²) >= 11 is 0. The number of halogens is 12. The van der Waals surface area contributed by atoms with E-state index in [4.69, 9.17) is 0 Å². The Morgan fingerprint density at radius 1 is 0.750 bits per heavy atom. The second kappa shape index (κ2) is 5.70. The first-order valence-electron chi connectivity index (χ1n) is 5.58. The van der Waals surface area contributed by atoms with Gasteiger partial charge < -0.3 is 5.73 Å². The first-order chi connectivity index (χ1) is 10.4. The Bertz CT molecular complexity index is 609. The van der Waals surface area contributed by atoms with Crippen LogP contribution in [0.1, 0.15) is 22.7 Å². The summed E-state index contributed by atoms with van der Waals surface area (Å²) in [5.41, 5.74) is -2.89. The van der Waals surface area contributed by atoms with Gasteiger partial charge in [-0.15, -0.1) is 0 Å². The van der Waals surface area contributed by atoms with E-state index in [9.17, 15) is 52.7 Å². The van der Waals surface area contributed by atoms with Crippen molar-refractivity contribution in [2.45, 2.75) is 30.5 Å². The fourth-order valence-corrected chi connectivity index (χ4v) is 1.69. The van der Waals surface area contributed by atoms with Gasteiger partial charge in [-0.25, -0.2) is 4.39 Å². The van der Waals surface area contributed by atoms with Crippen LogP contribution in [0.15, 0.2) is 12.1 Å². The minimum Gasteiger partial charge on any atom is -0.319 e. The van der Waals surface area contributed by atoms with Gasteiger partial charge in [-0.3, -0.25) is 0 Å². The van der Waals surface area contributed by atoms with Crippen molar-refractivity contribution in [2.24, 2.45) is 5.73 Å². The topological polar surface area (TPSA) is 26.0 Å². The molecule has 0 saturated heterocycles. The van der Waals surface area contributed by atoms with E-state index in [-0.39, 0.29) is 0 Å². The highest BCUT2D eigenvalue weighted by Gasteiger charge is 2.63. The molecule has 13 heteroatoms. The van der Waals surface area contributed by atoms with Crippen LogP contribution in [-0.2, 0) is 12.4 Å². The number of nitrogens with two attached hydrogens (primary N) is 1. The van der Waals surface area contributed by atoms with Crippen LogP contribution in [0.3, 0.4) is 0 Å². The monoisotopic (exact) mass is 379 g/mol. The molecule has 0 aliphatic rings. The van der Waals surface area contributed by atoms with Gasteiger partial charge in [0, 0.05) is 5.56 Å². The maximum Gasteiger partial charge on any atom is 0.455 e. The van der Waals surface area contributed by atoms with Crippen LogP contribution in [0.4, 0.5) is 52.7 Å². The van der Waals surface area contributed by atoms with Crippen molar-refractivity contribution in [3.05, 3.63) is 34.6 Å². The third-order valence-corrected chi connectivity index (χ3v) is 2.84. The molecule has 0 aromatic heterocycles. The fraction of sp³-hybridized carbons (Fsp3) is 0.455. The molecule has 1 aromatic rings. The van der Waals surface area contributed by atoms with Gasteiger partial charge in [0.15, 0.2) is 0 Å². The molecule has 0 heterocycles. The van der Waals surface area contributed by atoms with Crippen LogP contribution < -0.4 is 5.73 Å². The van der Waals surface area contributed by atoms with Crippen LogP contribution >= 0.6 is 0 Å². The summed E-state index contributed by atoms with van der Waals surface area (Å²) < 4.78 is 152. The smallest absolute Gasteiger partial charge is 0.319 e. The second-order valence-electron chi connectivity index (χ2n) is 4.51. The number of alkyl halides is 11. The summed E-state index contributed by atoms with van der Waals surface area (Å²) in [6.45, 7) is 0. The van der Waals surface area contributed by atoms with E-state index in [1.807, 2.05) is 0 Å². The molecule has 138 valence electrons. The Hall–Kier alpha value is -1.66. The summed E-state index contributed by atoms with van der Waals surface area (Å²) in [4.78, 5) is 0. The molecule has 1 atom stereocenters. The molecule has 0 spiro atoms. The Balaban J connectivity index is 3.71. The van der Waals surface area contributed by atoms with Crippen molar-refractivity contribution >= 4 is 0 Å². The number of hydrogen-bond acceptors (Lipinski definition) is 1. The SMILES string of the molecule is N[C@H](c1c(F)cc(C(F)(F)F)cc1C(F)(F)F)C(F)(F)C(F)(F)F. The molecule has 1 nitrogen and oxygen atoms in total. The predicted octanol–water partition coefficient (Wildman–Crippen LogP) is 5.06. The highest BCUT2D eigenvalue weighted by Crippen LogP contribution is 2.48. The quantitative estimate of drug-likeness (QED) is 0.715. The summed E-state index contributed by atoms with van der Waals surface area (Å²) in [6, 6.07) is -5.34. The first kappa shape index (κ1) is 20.4. The van der Waals surface area contributed by atoms with Gasteiger partial charge in [0.1, 0.15) is 11.9 Å². The Morgan fingerprint density at radius 3 is 1.54 bits per heavy atom. The molecule has 0 radical (unpaired) electrons. The maximum absolute atomic E-state index is 13.6. The van der Waals surface area contributed by atoms with Crippen molar-refractivity contribution in [1.29, 1.82) is 0 Å². The summed E-state index contributed by atoms with van der Waals surface area (Å²) in [6.07, 6.45) is -17.8. The zero-order valence-electron chi connectivity index (χ0n) is 10.8. The van der Waals surface area contributed by atoms with Crippen LogP contribution in [0, 0.1) is 5.82 Å². The van der Waals surface area contributed by atoms with E-state index in [0.717, 1.165) is 0 Å². The van der Waals surface area contributed by atoms with Crippen molar-refractivity contribution in [1.82, 2.24) is 0 Å². The predicted molar refractivity (Wildman–Crippen MR) is 54.3 cm³/mol. The zero-order chi connectivity index (χ0) is 19.3. The van der Waals surface area contributed by atoms with E-state index in [1.54, 1.807) is 0 Å². The van der Waals surface area contributed by atoms with E-state index >= 15 is 0 Å². The lowest BCUT2D eigenvalue weighted by Gasteiger charge is -2.28. The highest BCUT2D eigenvalue weighted by atomic mass is 19.4. The molecule has 2 N–H and O–H groups in total. The number of hydrogen-bond donors (Lipinski definition) is 1. The Kier molecular flexibility index (Phi) is 4.85. The molecule has 0 fully saturated rings. The van der Waals surface area contributed by atoms with Gasteiger partial charge in [-0.05, 0) is 12.1 Å². The van der Waals surface area contributed by atoms with Crippen molar-refractivity contribution < 1.29 is 52.7 Å². The molecule has 1 aromatic carbocycles. The first-order valence-corrected chi connectivity index (χ1v) is 5.58. The molecule has 0 saturated carbocycles. The molecule has 0 amide bonds. The van der Waals surface area contributed by atoms with E-state index in [2.05, 4.69) is 5.73 Å². The van der Waals surface area contributed by atoms with Gasteiger partial charge in [-0.1, -0.05) is 0 Å². The molecular weight excluding hydrogens is 374 g/mol. The normalized spacial score (nSPS) is 15.5. The summed E-state index contributed by atoms with van der Waals surface area (Å²) in [5.74, 6) is -8.61. The minimum atomic E-state index is -6.45. The highest BCUT2D eigenvalue weighted by molar-refractivity contribution is 5.40. The lowest BCUT2D eigenvalue weighted by atomic mass is 9.93. The van der Waals surface area contributed by atoms with E-state index < -0.39 is 65.1 Å². The molecule has 0 bridgehead atoms. The lowest BCUT2D eigenvalue weighted by molar-refractivity contribution is -0.291. The van der Waals surface area contributed by atoms with Gasteiger partial charge in [0.25, 0.3) is 0 Å². The minimum absolute atomic E-state index is 0.642. The standard InChI is InChI=1S/C11H5F12N/c12-5-2-3(9(15,16)17)1-4(10(18,19)20)6(5)7(24)8(13,14)11(21,22)23/h1-2,7H,24H2/t7-/m1/s1. The van der Waals surface area contributed by atoms with Crippen LogP contribution in [0.2, 0.25) is 0 Å². The van der Waals surface area contributed by atoms with E-state index in [1.165, 1.54) is 0 Å². The molecule has 0 aliphatic carbocycles. The van der Waals surface area contributed by atoms with Crippen LogP contribution in [-0.4, -0.2) is 12.1 Å². The van der Waals surface area contributed by atoms with Gasteiger partial charge in [0.2, 0.25) is 0 Å². The fourth-order valence-electron chi connectivity index (χ4n) is 1.69. The Labute approximate surface area is 125 Å². The van der Waals surface area contributed by atoms with E-state index in [0.29, 0.717) is 0 Å². The molecule has 0 unspecified atom stereocenters. The molecule has 1 rings (SSSR count). The van der Waals surface area contributed by atoms with Gasteiger partial charge in [0.05, 0.1) is 11.1 Å². The third-order valence-electron chi connectivity index (χ3n) is 2.84. The number of benzene rings is 1. The number of rotatable bonds is 2. The molecule has 24 heavy (non-hydrogen) atoms. The van der Waals surface area contributed by atoms with Crippen molar-refractivity contribution in [3.63, 3.8) is 0 Å². The van der Waals surface area contributed by atoms with Crippen LogP contribution in [0.25, 0.3) is 0 Å². The summed E-state index contributed by atoms with van der Waals surface area (Å²) in [5, 5.41) is 0. The average molecular weight is 379 g/mol. The van der Waals surface area contributed by atoms with Gasteiger partial charge in [-0.2, -0.15) is 48.3 Å². The molecule has 0 aliphatic heterocycles. The Morgan fingerprint density at radius 2 is 1.21 bits per heavy atom. The molecular formula is C11H5F12N. The van der Waals surface area contributed by atoms with Crippen LogP contribution in [0.5, 0.6) is 0 Å². The maximum atomic E-state index is 13.6. The third kappa shape index (κ3) is 3.70. The average Bonchev–Trinajstić information content (AvgIpc) is 2.33. The van der Waals surface area contributed by atoms with Crippen molar-refractivity contribution in [2.75, 3.05) is 0 Å². The lowest BCUT2D eigenvalue weighted by Crippen LogP contribution is -2.46. The van der Waals surface area contributed by atoms with Gasteiger partial charge >= 0.3 is 24.5 Å².